The lowest BCUT2D eigenvalue weighted by molar-refractivity contribution is 0.569. The molecule has 0 aliphatic carbocycles. The van der Waals surface area contributed by atoms with Crippen molar-refractivity contribution in [1.29, 1.82) is 0 Å². The largest absolute Gasteiger partial charge is 0.457 e. The van der Waals surface area contributed by atoms with Gasteiger partial charge in [-0.25, -0.2) is 0 Å². The van der Waals surface area contributed by atoms with E-state index in [0.717, 1.165) is 49.9 Å². The second-order valence-electron chi connectivity index (χ2n) is 8.97. The summed E-state index contributed by atoms with van der Waals surface area (Å²) in [5.74, 6) is 0.883. The number of nitrogens with zero attached hydrogens (tertiary/aromatic N) is 1. The minimum absolute atomic E-state index is 0.0450. The van der Waals surface area contributed by atoms with Crippen molar-refractivity contribution in [3.63, 3.8) is 0 Å². The predicted octanol–water partition coefficient (Wildman–Crippen LogP) is 8.21. The van der Waals surface area contributed by atoms with Gasteiger partial charge in [-0.3, -0.25) is 4.98 Å². The smallest absolute Gasteiger partial charge is 0.178 e. The third kappa shape index (κ3) is 2.47. The third-order valence-electron chi connectivity index (χ3n) is 5.79. The number of thiophene rings is 1. The molecule has 0 aliphatic heterocycles. The lowest BCUT2D eigenvalue weighted by Gasteiger charge is -2.21. The molecule has 0 fully saturated rings. The first-order valence-corrected chi connectivity index (χ1v) is 11.0. The van der Waals surface area contributed by atoms with Crippen LogP contribution in [0.4, 0.5) is 0 Å². The molecule has 6 aromatic rings. The van der Waals surface area contributed by atoms with E-state index < -0.39 is 0 Å². The van der Waals surface area contributed by atoms with E-state index in [2.05, 4.69) is 56.5 Å². The molecule has 4 heteroatoms. The highest BCUT2D eigenvalue weighted by Crippen LogP contribution is 2.42. The fraction of sp³-hybridized carbons (Fsp3) is 0.192. The number of aryl methyl sites for hydroxylation is 1. The monoisotopic (exact) mass is 411 g/mol. The average Bonchev–Trinajstić information content (AvgIpc) is 3.40. The predicted molar refractivity (Wildman–Crippen MR) is 126 cm³/mol. The molecule has 4 heterocycles. The number of rotatable bonds is 1. The van der Waals surface area contributed by atoms with E-state index >= 15 is 0 Å². The molecule has 0 atom stereocenters. The fourth-order valence-electron chi connectivity index (χ4n) is 4.40. The number of hydrogen-bond donors (Lipinski definition) is 0. The molecule has 3 nitrogen and oxygen atoms in total. The highest BCUT2D eigenvalue weighted by Gasteiger charge is 2.22. The molecule has 0 spiro atoms. The van der Waals surface area contributed by atoms with Crippen LogP contribution >= 0.6 is 11.3 Å². The summed E-state index contributed by atoms with van der Waals surface area (Å²) in [5, 5.41) is 6.57. The quantitative estimate of drug-likeness (QED) is 0.274. The van der Waals surface area contributed by atoms with E-state index in [9.17, 15) is 0 Å². The van der Waals surface area contributed by atoms with Gasteiger partial charge >= 0.3 is 0 Å². The fourth-order valence-corrected chi connectivity index (χ4v) is 5.50. The molecule has 2 aromatic carbocycles. The maximum absolute atomic E-state index is 6.28. The molecular weight excluding hydrogens is 390 g/mol. The van der Waals surface area contributed by atoms with Crippen LogP contribution in [-0.4, -0.2) is 4.98 Å². The van der Waals surface area contributed by atoms with Crippen molar-refractivity contribution in [2.75, 3.05) is 0 Å². The van der Waals surface area contributed by atoms with Crippen LogP contribution in [0.5, 0.6) is 0 Å². The first-order chi connectivity index (χ1) is 14.4. The zero-order valence-electron chi connectivity index (χ0n) is 17.4. The molecule has 0 unspecified atom stereocenters. The van der Waals surface area contributed by atoms with Gasteiger partial charge in [0.1, 0.15) is 11.3 Å². The lowest BCUT2D eigenvalue weighted by Crippen LogP contribution is -2.11. The first-order valence-electron chi connectivity index (χ1n) is 10.1. The normalized spacial score (nSPS) is 12.7. The molecule has 0 saturated carbocycles. The molecule has 148 valence electrons. The highest BCUT2D eigenvalue weighted by molar-refractivity contribution is 7.17. The Morgan fingerprint density at radius 2 is 1.77 bits per heavy atom. The summed E-state index contributed by atoms with van der Waals surface area (Å²) < 4.78 is 13.6. The zero-order chi connectivity index (χ0) is 20.6. The Hall–Kier alpha value is -3.11. The van der Waals surface area contributed by atoms with E-state index in [1.165, 1.54) is 15.6 Å². The molecule has 0 bridgehead atoms. The molecule has 0 amide bonds. The number of fused-ring (bicyclic) bond motifs is 6. The summed E-state index contributed by atoms with van der Waals surface area (Å²) in [7, 11) is 0. The summed E-state index contributed by atoms with van der Waals surface area (Å²) in [6.45, 7) is 8.76. The van der Waals surface area contributed by atoms with Crippen molar-refractivity contribution in [3.05, 3.63) is 65.4 Å². The molecule has 0 aliphatic rings. The van der Waals surface area contributed by atoms with Crippen molar-refractivity contribution in [2.24, 2.45) is 0 Å². The summed E-state index contributed by atoms with van der Waals surface area (Å²) in [5.41, 5.74) is 5.89. The van der Waals surface area contributed by atoms with Crippen LogP contribution in [-0.2, 0) is 5.41 Å². The van der Waals surface area contributed by atoms with Crippen LogP contribution in [0, 0.1) is 6.92 Å². The van der Waals surface area contributed by atoms with Gasteiger partial charge in [-0.15, -0.1) is 11.3 Å². The van der Waals surface area contributed by atoms with E-state index in [1.807, 2.05) is 25.3 Å². The van der Waals surface area contributed by atoms with Crippen molar-refractivity contribution >= 4 is 54.3 Å². The Balaban J connectivity index is 1.72. The van der Waals surface area contributed by atoms with Crippen molar-refractivity contribution in [1.82, 2.24) is 4.98 Å². The van der Waals surface area contributed by atoms with Gasteiger partial charge in [0.2, 0.25) is 0 Å². The summed E-state index contributed by atoms with van der Waals surface area (Å²) in [4.78, 5) is 4.81. The third-order valence-corrected chi connectivity index (χ3v) is 6.75. The number of aromatic nitrogens is 1. The van der Waals surface area contributed by atoms with Crippen LogP contribution in [0.3, 0.4) is 0 Å². The van der Waals surface area contributed by atoms with Crippen LogP contribution in [0.1, 0.15) is 32.1 Å². The van der Waals surface area contributed by atoms with Gasteiger partial charge < -0.3 is 8.83 Å². The van der Waals surface area contributed by atoms with E-state index in [-0.39, 0.29) is 5.41 Å². The lowest BCUT2D eigenvalue weighted by atomic mass is 9.85. The summed E-state index contributed by atoms with van der Waals surface area (Å²) >= 11 is 1.80. The molecule has 0 saturated heterocycles. The topological polar surface area (TPSA) is 39.2 Å². The number of furan rings is 2. The Bertz CT molecular complexity index is 1590. The molecule has 4 aromatic heterocycles. The van der Waals surface area contributed by atoms with Crippen LogP contribution in [0.15, 0.2) is 62.9 Å². The standard InChI is InChI=1S/C26H21NO2S/c1-14-11-15-5-6-18-21-20(29-24(18)23(15)28-14)7-9-27-22(21)17-12-16-8-10-30-25(16)19(13-17)26(2,3)4/h5-13H,1-4H3. The van der Waals surface area contributed by atoms with Gasteiger partial charge in [-0.2, -0.15) is 0 Å². The Morgan fingerprint density at radius 3 is 2.60 bits per heavy atom. The number of pyridine rings is 1. The average molecular weight is 412 g/mol. The van der Waals surface area contributed by atoms with Crippen molar-refractivity contribution in [2.45, 2.75) is 33.1 Å². The van der Waals surface area contributed by atoms with Gasteiger partial charge in [-0.1, -0.05) is 26.8 Å². The second kappa shape index (κ2) is 5.96. The molecule has 6 rings (SSSR count). The van der Waals surface area contributed by atoms with Gasteiger partial charge in [-0.05, 0) is 65.1 Å². The molecule has 0 N–H and O–H groups in total. The van der Waals surface area contributed by atoms with Crippen molar-refractivity contribution in [3.8, 4) is 11.3 Å². The molecule has 30 heavy (non-hydrogen) atoms. The van der Waals surface area contributed by atoms with Gasteiger partial charge in [0.25, 0.3) is 0 Å². The van der Waals surface area contributed by atoms with E-state index in [0.29, 0.717) is 0 Å². The molecular formula is C26H21NO2S. The second-order valence-corrected chi connectivity index (χ2v) is 9.88. The highest BCUT2D eigenvalue weighted by atomic mass is 32.1. The van der Waals surface area contributed by atoms with Crippen LogP contribution < -0.4 is 0 Å². The van der Waals surface area contributed by atoms with Crippen LogP contribution in [0.25, 0.3) is 54.3 Å². The zero-order valence-corrected chi connectivity index (χ0v) is 18.2. The maximum Gasteiger partial charge on any atom is 0.178 e. The Labute approximate surface area is 177 Å². The minimum atomic E-state index is 0.0450. The Kier molecular flexibility index (Phi) is 3.52. The number of hydrogen-bond acceptors (Lipinski definition) is 4. The van der Waals surface area contributed by atoms with Gasteiger partial charge in [0.05, 0.1) is 11.1 Å². The van der Waals surface area contributed by atoms with Gasteiger partial charge in [0.15, 0.2) is 11.2 Å². The van der Waals surface area contributed by atoms with Gasteiger partial charge in [0, 0.05) is 27.2 Å². The number of benzene rings is 2. The SMILES string of the molecule is Cc1cc2ccc3c(oc4ccnc(-c5cc(C(C)(C)C)c6sccc6c5)c43)c2o1. The van der Waals surface area contributed by atoms with E-state index in [4.69, 9.17) is 13.8 Å². The Morgan fingerprint density at radius 1 is 0.900 bits per heavy atom. The van der Waals surface area contributed by atoms with Crippen molar-refractivity contribution < 1.29 is 8.83 Å². The molecule has 0 radical (unpaired) electrons. The maximum atomic E-state index is 6.28. The first kappa shape index (κ1) is 17.7. The van der Waals surface area contributed by atoms with E-state index in [1.54, 1.807) is 11.3 Å². The summed E-state index contributed by atoms with van der Waals surface area (Å²) in [6.07, 6.45) is 1.83. The van der Waals surface area contributed by atoms with Crippen LogP contribution in [0.2, 0.25) is 0 Å². The summed E-state index contributed by atoms with van der Waals surface area (Å²) in [6, 6.07) is 14.9. The minimum Gasteiger partial charge on any atom is -0.457 e.